The van der Waals surface area contributed by atoms with Crippen molar-refractivity contribution in [3.63, 3.8) is 0 Å². The number of nitrogens with one attached hydrogen (secondary N) is 3. The van der Waals surface area contributed by atoms with E-state index in [0.29, 0.717) is 16.3 Å². The number of hydrogen-bond acceptors (Lipinski definition) is 6. The van der Waals surface area contributed by atoms with Crippen LogP contribution in [0.1, 0.15) is 31.1 Å². The number of carbonyl (C=O) groups excluding carboxylic acids is 1. The average Bonchev–Trinajstić information content (AvgIpc) is 2.68. The average molecular weight is 409 g/mol. The summed E-state index contributed by atoms with van der Waals surface area (Å²) in [4.78, 5) is 16.7. The second-order valence-corrected chi connectivity index (χ2v) is 7.70. The molecule has 2 aromatic rings. The molecule has 8 heteroatoms. The molecule has 0 fully saturated rings. The molecular formula is C21H21ClN6O. The summed E-state index contributed by atoms with van der Waals surface area (Å²) in [7, 11) is 0. The lowest BCUT2D eigenvalue weighted by Gasteiger charge is -2.34. The largest absolute Gasteiger partial charge is 0.349 e. The van der Waals surface area contributed by atoms with Gasteiger partial charge in [-0.15, -0.1) is 0 Å². The van der Waals surface area contributed by atoms with E-state index in [2.05, 4.69) is 20.9 Å². The summed E-state index contributed by atoms with van der Waals surface area (Å²) in [5.74, 6) is -0.135. The minimum absolute atomic E-state index is 0.149. The zero-order valence-corrected chi connectivity index (χ0v) is 17.1. The van der Waals surface area contributed by atoms with E-state index < -0.39 is 11.6 Å². The zero-order chi connectivity index (χ0) is 21.4. The molecule has 148 valence electrons. The number of nitrogens with zero attached hydrogens (tertiary/aromatic N) is 3. The van der Waals surface area contributed by atoms with Gasteiger partial charge in [-0.2, -0.15) is 10.5 Å². The molecule has 0 spiro atoms. The summed E-state index contributed by atoms with van der Waals surface area (Å²) < 4.78 is 0. The maximum absolute atomic E-state index is 12.7. The van der Waals surface area contributed by atoms with Crippen molar-refractivity contribution >= 4 is 23.2 Å². The Balaban J connectivity index is 2.31. The molecule has 0 aliphatic heterocycles. The molecule has 1 aromatic carbocycles. The van der Waals surface area contributed by atoms with Crippen molar-refractivity contribution in [3.8, 4) is 12.1 Å². The van der Waals surface area contributed by atoms with Gasteiger partial charge in [0.15, 0.2) is 5.57 Å². The standard InChI is InChI=1S/C21H21ClN6O/c1-21(2,3)20(28-19(29)14-6-8-16(22)9-7-14)27-18(15(11-23)12-24)26-17-5-4-10-25-13-17/h4-10,13,20,26-27H,1-3H3,(H,28,29). The Morgan fingerprint density at radius 1 is 1.10 bits per heavy atom. The summed E-state index contributed by atoms with van der Waals surface area (Å²) in [6.45, 7) is 5.77. The van der Waals surface area contributed by atoms with Crippen molar-refractivity contribution in [2.75, 3.05) is 5.32 Å². The molecule has 1 atom stereocenters. The van der Waals surface area contributed by atoms with Crippen LogP contribution in [0.25, 0.3) is 0 Å². The third-order valence-corrected chi connectivity index (χ3v) is 4.19. The van der Waals surface area contributed by atoms with Crippen molar-refractivity contribution in [1.29, 1.82) is 10.5 Å². The number of anilines is 1. The molecule has 29 heavy (non-hydrogen) atoms. The van der Waals surface area contributed by atoms with E-state index in [9.17, 15) is 15.3 Å². The van der Waals surface area contributed by atoms with Gasteiger partial charge in [0, 0.05) is 22.2 Å². The zero-order valence-electron chi connectivity index (χ0n) is 16.3. The van der Waals surface area contributed by atoms with Crippen molar-refractivity contribution in [3.05, 3.63) is 70.8 Å². The topological polar surface area (TPSA) is 114 Å². The number of hydrogen-bond donors (Lipinski definition) is 3. The Bertz CT molecular complexity index is 949. The fraction of sp³-hybridized carbons (Fsp3) is 0.238. The molecule has 0 bridgehead atoms. The van der Waals surface area contributed by atoms with Crippen LogP contribution in [0.15, 0.2) is 60.2 Å². The number of halogens is 1. The Hall–Kier alpha value is -3.55. The van der Waals surface area contributed by atoms with Crippen molar-refractivity contribution in [2.24, 2.45) is 5.41 Å². The molecule has 0 aliphatic carbocycles. The predicted octanol–water partition coefficient (Wildman–Crippen LogP) is 3.80. The highest BCUT2D eigenvalue weighted by Gasteiger charge is 2.28. The number of nitriles is 2. The van der Waals surface area contributed by atoms with Gasteiger partial charge < -0.3 is 16.0 Å². The smallest absolute Gasteiger partial charge is 0.252 e. The van der Waals surface area contributed by atoms with Gasteiger partial charge in [-0.05, 0) is 36.4 Å². The van der Waals surface area contributed by atoms with Gasteiger partial charge in [0.05, 0.1) is 11.9 Å². The molecule has 0 saturated heterocycles. The number of carbonyl (C=O) groups is 1. The van der Waals surface area contributed by atoms with Crippen molar-refractivity contribution in [2.45, 2.75) is 26.9 Å². The minimum atomic E-state index is -0.596. The van der Waals surface area contributed by atoms with E-state index in [1.807, 2.05) is 32.9 Å². The first-order chi connectivity index (χ1) is 13.7. The van der Waals surface area contributed by atoms with Gasteiger partial charge >= 0.3 is 0 Å². The molecule has 1 heterocycles. The SMILES string of the molecule is CC(C)(C)C(NC(=O)c1ccc(Cl)cc1)NC(Nc1cccnc1)=C(C#N)C#N. The molecule has 1 amide bonds. The van der Waals surface area contributed by atoms with Crippen molar-refractivity contribution < 1.29 is 4.79 Å². The van der Waals surface area contributed by atoms with E-state index in [4.69, 9.17) is 11.6 Å². The van der Waals surface area contributed by atoms with Crippen LogP contribution in [0.5, 0.6) is 0 Å². The van der Waals surface area contributed by atoms with Crippen LogP contribution in [0.2, 0.25) is 5.02 Å². The van der Waals surface area contributed by atoms with Gasteiger partial charge in [-0.1, -0.05) is 32.4 Å². The molecule has 2 rings (SSSR count). The molecule has 0 aliphatic rings. The van der Waals surface area contributed by atoms with Crippen molar-refractivity contribution in [1.82, 2.24) is 15.6 Å². The second kappa shape index (κ2) is 9.59. The number of benzene rings is 1. The first-order valence-corrected chi connectivity index (χ1v) is 9.17. The highest BCUT2D eigenvalue weighted by atomic mass is 35.5. The first-order valence-electron chi connectivity index (χ1n) is 8.79. The summed E-state index contributed by atoms with van der Waals surface area (Å²) in [6, 6.07) is 13.7. The number of aromatic nitrogens is 1. The van der Waals surface area contributed by atoms with Crippen LogP contribution < -0.4 is 16.0 Å². The third kappa shape index (κ3) is 6.24. The summed E-state index contributed by atoms with van der Waals surface area (Å²) in [5.41, 5.74) is 0.440. The van der Waals surface area contributed by atoms with E-state index in [0.717, 1.165) is 0 Å². The van der Waals surface area contributed by atoms with Crippen LogP contribution in [-0.2, 0) is 0 Å². The fourth-order valence-corrected chi connectivity index (χ4v) is 2.44. The van der Waals surface area contributed by atoms with E-state index >= 15 is 0 Å². The highest BCUT2D eigenvalue weighted by Crippen LogP contribution is 2.21. The number of rotatable bonds is 6. The van der Waals surface area contributed by atoms with Gasteiger partial charge in [0.25, 0.3) is 5.91 Å². The molecule has 1 unspecified atom stereocenters. The van der Waals surface area contributed by atoms with Gasteiger partial charge in [-0.25, -0.2) is 0 Å². The molecule has 0 saturated carbocycles. The summed E-state index contributed by atoms with van der Waals surface area (Å²) in [5, 5.41) is 28.2. The van der Waals surface area contributed by atoms with Crippen LogP contribution in [0.3, 0.4) is 0 Å². The molecular weight excluding hydrogens is 388 g/mol. The van der Waals surface area contributed by atoms with Crippen LogP contribution >= 0.6 is 11.6 Å². The van der Waals surface area contributed by atoms with Gasteiger partial charge in [0.2, 0.25) is 0 Å². The Labute approximate surface area is 175 Å². The lowest BCUT2D eigenvalue weighted by atomic mass is 9.91. The lowest BCUT2D eigenvalue weighted by molar-refractivity contribution is 0.0889. The monoisotopic (exact) mass is 408 g/mol. The summed E-state index contributed by atoms with van der Waals surface area (Å²) in [6.07, 6.45) is 2.58. The lowest BCUT2D eigenvalue weighted by Crippen LogP contribution is -2.53. The van der Waals surface area contributed by atoms with Crippen LogP contribution in [0.4, 0.5) is 5.69 Å². The number of allylic oxidation sites excluding steroid dienone is 1. The minimum Gasteiger partial charge on any atom is -0.349 e. The first kappa shape index (κ1) is 21.7. The maximum Gasteiger partial charge on any atom is 0.252 e. The normalized spacial score (nSPS) is 11.4. The molecule has 1 aromatic heterocycles. The molecule has 0 radical (unpaired) electrons. The number of amides is 1. The molecule has 3 N–H and O–H groups in total. The third-order valence-electron chi connectivity index (χ3n) is 3.94. The Morgan fingerprint density at radius 3 is 2.28 bits per heavy atom. The van der Waals surface area contributed by atoms with Crippen LogP contribution in [-0.4, -0.2) is 17.1 Å². The predicted molar refractivity (Wildman–Crippen MR) is 111 cm³/mol. The maximum atomic E-state index is 12.7. The highest BCUT2D eigenvalue weighted by molar-refractivity contribution is 6.30. The molecule has 7 nitrogen and oxygen atoms in total. The Kier molecular flexibility index (Phi) is 7.19. The van der Waals surface area contributed by atoms with E-state index in [1.165, 1.54) is 0 Å². The van der Waals surface area contributed by atoms with E-state index in [-0.39, 0.29) is 17.3 Å². The fourth-order valence-electron chi connectivity index (χ4n) is 2.32. The number of pyridine rings is 1. The summed E-state index contributed by atoms with van der Waals surface area (Å²) >= 11 is 5.88. The second-order valence-electron chi connectivity index (χ2n) is 7.26. The van der Waals surface area contributed by atoms with Gasteiger partial charge in [-0.3, -0.25) is 9.78 Å². The van der Waals surface area contributed by atoms with E-state index in [1.54, 1.807) is 48.8 Å². The van der Waals surface area contributed by atoms with Crippen LogP contribution in [0, 0.1) is 28.1 Å². The quantitative estimate of drug-likeness (QED) is 0.494. The Morgan fingerprint density at radius 2 is 1.76 bits per heavy atom. The van der Waals surface area contributed by atoms with Gasteiger partial charge in [0.1, 0.15) is 24.1 Å².